The number of amides is 3. The molecule has 8 heteroatoms. The minimum atomic E-state index is -0.549. The van der Waals surface area contributed by atoms with Gasteiger partial charge in [0.2, 0.25) is 11.8 Å². The van der Waals surface area contributed by atoms with E-state index in [2.05, 4.69) is 10.6 Å². The van der Waals surface area contributed by atoms with Gasteiger partial charge in [-0.15, -0.1) is 11.3 Å². The predicted octanol–water partition coefficient (Wildman–Crippen LogP) is 2.56. The normalized spacial score (nSPS) is 15.2. The van der Waals surface area contributed by atoms with E-state index < -0.39 is 11.7 Å². The largest absolute Gasteiger partial charge is 0.444 e. The lowest BCUT2D eigenvalue weighted by molar-refractivity contribution is -0.132. The van der Waals surface area contributed by atoms with Crippen molar-refractivity contribution >= 4 is 29.2 Å². The maximum atomic E-state index is 12.3. The second kappa shape index (κ2) is 10.5. The number of likely N-dealkylation sites (tertiary alicyclic amines) is 1. The van der Waals surface area contributed by atoms with E-state index in [1.54, 1.807) is 32.1 Å². The van der Waals surface area contributed by atoms with Crippen molar-refractivity contribution in [3.8, 4) is 0 Å². The fourth-order valence-electron chi connectivity index (χ4n) is 3.00. The van der Waals surface area contributed by atoms with Gasteiger partial charge in [-0.25, -0.2) is 4.79 Å². The highest BCUT2D eigenvalue weighted by Gasteiger charge is 2.23. The van der Waals surface area contributed by atoms with Crippen LogP contribution in [0, 0.1) is 5.92 Å². The monoisotopic (exact) mass is 409 g/mol. The molecule has 7 nitrogen and oxygen atoms in total. The molecule has 1 saturated heterocycles. The Kier molecular flexibility index (Phi) is 8.29. The zero-order valence-corrected chi connectivity index (χ0v) is 17.8. The molecule has 0 unspecified atom stereocenters. The van der Waals surface area contributed by atoms with Crippen molar-refractivity contribution < 1.29 is 19.1 Å². The summed E-state index contributed by atoms with van der Waals surface area (Å²) in [7, 11) is 0. The smallest absolute Gasteiger partial charge is 0.407 e. The number of hydrogen-bond acceptors (Lipinski definition) is 5. The van der Waals surface area contributed by atoms with Crippen molar-refractivity contribution in [1.29, 1.82) is 0 Å². The molecule has 0 bridgehead atoms. The van der Waals surface area contributed by atoms with Crippen molar-refractivity contribution in [1.82, 2.24) is 15.5 Å². The number of rotatable bonds is 7. The van der Waals surface area contributed by atoms with Gasteiger partial charge in [-0.2, -0.15) is 0 Å². The Hall–Kier alpha value is -2.09. The molecule has 1 fully saturated rings. The maximum absolute atomic E-state index is 12.3. The fraction of sp³-hybridized carbons (Fsp3) is 0.650. The van der Waals surface area contributed by atoms with E-state index in [0.717, 1.165) is 30.8 Å². The van der Waals surface area contributed by atoms with Gasteiger partial charge >= 0.3 is 6.09 Å². The molecule has 0 atom stereocenters. The third-order valence-corrected chi connectivity index (χ3v) is 5.36. The quantitative estimate of drug-likeness (QED) is 0.724. The number of carbonyl (C=O) groups is 3. The summed E-state index contributed by atoms with van der Waals surface area (Å²) in [4.78, 5) is 38.8. The van der Waals surface area contributed by atoms with Gasteiger partial charge in [-0.3, -0.25) is 9.59 Å². The maximum Gasteiger partial charge on any atom is 0.407 e. The van der Waals surface area contributed by atoms with Gasteiger partial charge < -0.3 is 20.3 Å². The van der Waals surface area contributed by atoms with Crippen LogP contribution in [0.5, 0.6) is 0 Å². The highest BCUT2D eigenvalue weighted by Crippen LogP contribution is 2.18. The number of ether oxygens (including phenoxy) is 1. The molecule has 1 aliphatic heterocycles. The summed E-state index contributed by atoms with van der Waals surface area (Å²) in [5.74, 6) is 0.471. The zero-order valence-electron chi connectivity index (χ0n) is 17.0. The topological polar surface area (TPSA) is 87.7 Å². The average molecular weight is 410 g/mol. The van der Waals surface area contributed by atoms with Crippen LogP contribution in [0.25, 0.3) is 0 Å². The van der Waals surface area contributed by atoms with Crippen LogP contribution in [0.2, 0.25) is 0 Å². The summed E-state index contributed by atoms with van der Waals surface area (Å²) in [5.41, 5.74) is -0.549. The molecule has 0 aromatic carbocycles. The summed E-state index contributed by atoms with van der Waals surface area (Å²) in [6.45, 7) is 7.71. The van der Waals surface area contributed by atoms with Crippen LogP contribution in [-0.2, 0) is 20.7 Å². The van der Waals surface area contributed by atoms with Crippen molar-refractivity contribution in [2.24, 2.45) is 5.92 Å². The van der Waals surface area contributed by atoms with E-state index in [-0.39, 0.29) is 24.8 Å². The first-order valence-corrected chi connectivity index (χ1v) is 10.6. The lowest BCUT2D eigenvalue weighted by Gasteiger charge is -2.32. The van der Waals surface area contributed by atoms with Crippen molar-refractivity contribution in [3.63, 3.8) is 0 Å². The number of nitrogens with one attached hydrogen (secondary N) is 2. The van der Waals surface area contributed by atoms with Gasteiger partial charge in [0.25, 0.3) is 0 Å². The average Bonchev–Trinajstić information content (AvgIpc) is 3.12. The summed E-state index contributed by atoms with van der Waals surface area (Å²) >= 11 is 1.61. The van der Waals surface area contributed by atoms with Gasteiger partial charge in [0.05, 0.1) is 6.42 Å². The Morgan fingerprint density at radius 3 is 2.54 bits per heavy atom. The fourth-order valence-corrected chi connectivity index (χ4v) is 3.70. The van der Waals surface area contributed by atoms with E-state index >= 15 is 0 Å². The second-order valence-corrected chi connectivity index (χ2v) is 9.10. The predicted molar refractivity (Wildman–Crippen MR) is 109 cm³/mol. The van der Waals surface area contributed by atoms with Crippen LogP contribution < -0.4 is 10.6 Å². The third-order valence-electron chi connectivity index (χ3n) is 4.48. The highest BCUT2D eigenvalue weighted by molar-refractivity contribution is 7.10. The first kappa shape index (κ1) is 22.2. The third kappa shape index (κ3) is 8.29. The van der Waals surface area contributed by atoms with Gasteiger partial charge in [0.1, 0.15) is 5.60 Å². The van der Waals surface area contributed by atoms with E-state index in [1.165, 1.54) is 0 Å². The first-order valence-electron chi connectivity index (χ1n) is 9.76. The summed E-state index contributed by atoms with van der Waals surface area (Å²) < 4.78 is 5.12. The number of thiophene rings is 1. The van der Waals surface area contributed by atoms with Gasteiger partial charge in [-0.05, 0) is 51.0 Å². The number of piperidine rings is 1. The molecule has 1 aliphatic rings. The summed E-state index contributed by atoms with van der Waals surface area (Å²) in [6.07, 6.45) is 1.97. The van der Waals surface area contributed by atoms with Crippen LogP contribution in [-0.4, -0.2) is 54.6 Å². The molecule has 0 aliphatic carbocycles. The Labute approximate surface area is 170 Å². The molecular formula is C20H31N3O4S. The van der Waals surface area contributed by atoms with E-state index in [1.807, 2.05) is 22.4 Å². The van der Waals surface area contributed by atoms with E-state index in [4.69, 9.17) is 4.74 Å². The van der Waals surface area contributed by atoms with Crippen LogP contribution in [0.4, 0.5) is 4.79 Å². The van der Waals surface area contributed by atoms with Crippen molar-refractivity contribution in [2.75, 3.05) is 26.2 Å². The van der Waals surface area contributed by atoms with E-state index in [9.17, 15) is 14.4 Å². The van der Waals surface area contributed by atoms with Crippen LogP contribution in [0.1, 0.15) is 44.9 Å². The molecular weight excluding hydrogens is 378 g/mol. The first-order chi connectivity index (χ1) is 13.2. The van der Waals surface area contributed by atoms with Gasteiger partial charge in [-0.1, -0.05) is 6.07 Å². The lowest BCUT2D eigenvalue weighted by atomic mass is 9.96. The zero-order chi connectivity index (χ0) is 20.6. The minimum Gasteiger partial charge on any atom is -0.444 e. The molecule has 0 saturated carbocycles. The lowest BCUT2D eigenvalue weighted by Crippen LogP contribution is -2.42. The molecule has 1 aromatic heterocycles. The van der Waals surface area contributed by atoms with E-state index in [0.29, 0.717) is 18.9 Å². The summed E-state index contributed by atoms with van der Waals surface area (Å²) in [6, 6.07) is 3.95. The Balaban J connectivity index is 1.57. The molecule has 1 aromatic rings. The molecule has 28 heavy (non-hydrogen) atoms. The van der Waals surface area contributed by atoms with Gasteiger partial charge in [0.15, 0.2) is 0 Å². The Morgan fingerprint density at radius 2 is 1.93 bits per heavy atom. The molecule has 3 amide bonds. The second-order valence-electron chi connectivity index (χ2n) is 8.06. The summed E-state index contributed by atoms with van der Waals surface area (Å²) in [5, 5.41) is 7.49. The standard InChI is InChI=1S/C20H31N3O4S/c1-20(2,3)27-19(26)21-9-6-17(24)22-14-15-7-10-23(11-8-15)18(25)13-16-5-4-12-28-16/h4-5,12,15H,6-11,13-14H2,1-3H3,(H,21,26)(H,22,24). The molecule has 0 radical (unpaired) electrons. The molecule has 2 heterocycles. The number of carbonyl (C=O) groups excluding carboxylic acids is 3. The van der Waals surface area contributed by atoms with Crippen molar-refractivity contribution in [3.05, 3.63) is 22.4 Å². The highest BCUT2D eigenvalue weighted by atomic mass is 32.1. The molecule has 0 spiro atoms. The van der Waals surface area contributed by atoms with Crippen LogP contribution >= 0.6 is 11.3 Å². The SMILES string of the molecule is CC(C)(C)OC(=O)NCCC(=O)NCC1CCN(C(=O)Cc2cccs2)CC1. The minimum absolute atomic E-state index is 0.0905. The Bertz CT molecular complexity index is 647. The van der Waals surface area contributed by atoms with Crippen molar-refractivity contribution in [2.45, 2.75) is 52.1 Å². The van der Waals surface area contributed by atoms with Gasteiger partial charge in [0, 0.05) is 37.5 Å². The molecule has 156 valence electrons. The molecule has 2 N–H and O–H groups in total. The molecule has 2 rings (SSSR count). The number of hydrogen-bond donors (Lipinski definition) is 2. The Morgan fingerprint density at radius 1 is 1.21 bits per heavy atom. The number of alkyl carbamates (subject to hydrolysis) is 1. The van der Waals surface area contributed by atoms with Crippen LogP contribution in [0.15, 0.2) is 17.5 Å². The van der Waals surface area contributed by atoms with Crippen LogP contribution in [0.3, 0.4) is 0 Å². The number of nitrogens with zero attached hydrogens (tertiary/aromatic N) is 1.